The molecule has 0 aromatic heterocycles. The Morgan fingerprint density at radius 2 is 1.86 bits per heavy atom. The van der Waals surface area contributed by atoms with Crippen molar-refractivity contribution >= 4 is 35.5 Å². The number of ether oxygens (including phenoxy) is 1. The van der Waals surface area contributed by atoms with Crippen LogP contribution in [0.4, 0.5) is 0 Å². The van der Waals surface area contributed by atoms with E-state index in [0.717, 1.165) is 0 Å². The number of aliphatic carboxylic acids is 1. The number of hydrogen-bond acceptors (Lipinski definition) is 3. The van der Waals surface area contributed by atoms with Crippen LogP contribution >= 0.6 is 0 Å². The predicted molar refractivity (Wildman–Crippen MR) is 52.7 cm³/mol. The number of hydrogen-bond donors (Lipinski definition) is 2. The van der Waals surface area contributed by atoms with Gasteiger partial charge in [-0.3, -0.25) is 0 Å². The monoisotopic (exact) mass is 206 g/mol. The van der Waals surface area contributed by atoms with Crippen LogP contribution in [0.1, 0.15) is 11.7 Å². The summed E-state index contributed by atoms with van der Waals surface area (Å²) in [4.78, 5) is 10.4. The summed E-state index contributed by atoms with van der Waals surface area (Å²) in [7, 11) is 1.52. The maximum atomic E-state index is 10.4. The number of carbonyl (C=O) groups is 1. The van der Waals surface area contributed by atoms with Crippen molar-refractivity contribution in [2.75, 3.05) is 7.11 Å². The van der Waals surface area contributed by atoms with E-state index in [0.29, 0.717) is 11.3 Å². The van der Waals surface area contributed by atoms with E-state index in [2.05, 4.69) is 0 Å². The Morgan fingerprint density at radius 3 is 2.21 bits per heavy atom. The summed E-state index contributed by atoms with van der Waals surface area (Å²) in [5.74, 6) is -0.633. The number of aliphatic hydroxyl groups is 1. The molecule has 0 unspecified atom stereocenters. The van der Waals surface area contributed by atoms with E-state index in [9.17, 15) is 4.79 Å². The van der Waals surface area contributed by atoms with Gasteiger partial charge in [-0.1, -0.05) is 12.1 Å². The molecule has 2 N–H and O–H groups in total. The molecule has 0 saturated heterocycles. The predicted octanol–water partition coefficient (Wildman–Crippen LogP) is 0.165. The third kappa shape index (κ3) is 3.31. The van der Waals surface area contributed by atoms with Gasteiger partial charge in [0.25, 0.3) is 0 Å². The average molecular weight is 206 g/mol. The first-order chi connectivity index (χ1) is 6.15. The van der Waals surface area contributed by atoms with Crippen LogP contribution in [0, 0.1) is 0 Å². The van der Waals surface area contributed by atoms with Gasteiger partial charge in [0, 0.05) is 0 Å². The molecule has 72 valence electrons. The topological polar surface area (TPSA) is 66.8 Å². The molecule has 0 radical (unpaired) electrons. The molecule has 1 aromatic rings. The second-order valence-corrected chi connectivity index (χ2v) is 2.51. The van der Waals surface area contributed by atoms with Crippen molar-refractivity contribution in [3.63, 3.8) is 0 Å². The molecule has 0 amide bonds. The molecule has 1 rings (SSSR count). The fourth-order valence-corrected chi connectivity index (χ4v) is 0.929. The molecular formula is C9H11NaO4. The third-order valence-electron chi connectivity index (χ3n) is 1.67. The number of aliphatic hydroxyl groups excluding tert-OH is 1. The molecule has 0 heterocycles. The summed E-state index contributed by atoms with van der Waals surface area (Å²) in [6, 6.07) is 6.22. The van der Waals surface area contributed by atoms with Gasteiger partial charge in [-0.05, 0) is 17.7 Å². The van der Waals surface area contributed by atoms with Gasteiger partial charge in [-0.15, -0.1) is 0 Å². The molecule has 14 heavy (non-hydrogen) atoms. The van der Waals surface area contributed by atoms with E-state index < -0.39 is 12.1 Å². The SMILES string of the molecule is COc1ccc([C@@H](O)C(=O)O)cc1.[NaH]. The zero-order chi connectivity index (χ0) is 9.84. The standard InChI is InChI=1S/C9H10O4.Na.H/c1-13-7-4-2-6(3-5-7)8(10)9(11)12;;/h2-5,8,10H,1H3,(H,11,12);;/t8-;;/m1../s1. The van der Waals surface area contributed by atoms with Crippen molar-refractivity contribution in [2.45, 2.75) is 6.10 Å². The van der Waals surface area contributed by atoms with Crippen molar-refractivity contribution in [1.29, 1.82) is 0 Å². The second-order valence-electron chi connectivity index (χ2n) is 2.51. The van der Waals surface area contributed by atoms with Crippen LogP contribution in [0.3, 0.4) is 0 Å². The molecule has 0 spiro atoms. The molecule has 1 aromatic carbocycles. The van der Waals surface area contributed by atoms with Crippen LogP contribution in [0.15, 0.2) is 24.3 Å². The van der Waals surface area contributed by atoms with E-state index >= 15 is 0 Å². The summed E-state index contributed by atoms with van der Waals surface area (Å²) in [6.45, 7) is 0. The molecule has 0 saturated carbocycles. The zero-order valence-electron chi connectivity index (χ0n) is 7.10. The van der Waals surface area contributed by atoms with Gasteiger partial charge in [0.05, 0.1) is 7.11 Å². The van der Waals surface area contributed by atoms with Gasteiger partial charge in [0.15, 0.2) is 6.10 Å². The number of carboxylic acids is 1. The van der Waals surface area contributed by atoms with E-state index in [1.54, 1.807) is 12.1 Å². The van der Waals surface area contributed by atoms with Crippen molar-refractivity contribution < 1.29 is 19.7 Å². The minimum absolute atomic E-state index is 0. The molecule has 0 aliphatic rings. The number of carboxylic acid groups (broad SMARTS) is 1. The van der Waals surface area contributed by atoms with Crippen LogP contribution < -0.4 is 4.74 Å². The third-order valence-corrected chi connectivity index (χ3v) is 1.67. The van der Waals surface area contributed by atoms with Crippen molar-refractivity contribution in [2.24, 2.45) is 0 Å². The number of methoxy groups -OCH3 is 1. The first-order valence-corrected chi connectivity index (χ1v) is 3.70. The van der Waals surface area contributed by atoms with Gasteiger partial charge >= 0.3 is 35.5 Å². The summed E-state index contributed by atoms with van der Waals surface area (Å²) in [6.07, 6.45) is -1.47. The van der Waals surface area contributed by atoms with E-state index in [-0.39, 0.29) is 29.6 Å². The Balaban J connectivity index is 0.00000169. The summed E-state index contributed by atoms with van der Waals surface area (Å²) in [5, 5.41) is 17.6. The first-order valence-electron chi connectivity index (χ1n) is 3.70. The Bertz CT molecular complexity index is 296. The Kier molecular flexibility index (Phi) is 5.79. The first kappa shape index (κ1) is 13.4. The van der Waals surface area contributed by atoms with Crippen molar-refractivity contribution in [1.82, 2.24) is 0 Å². The van der Waals surface area contributed by atoms with Crippen molar-refractivity contribution in [3.05, 3.63) is 29.8 Å². The fourth-order valence-electron chi connectivity index (χ4n) is 0.929. The molecule has 1 atom stereocenters. The van der Waals surface area contributed by atoms with Crippen LogP contribution in [0.5, 0.6) is 5.75 Å². The van der Waals surface area contributed by atoms with E-state index in [4.69, 9.17) is 14.9 Å². The van der Waals surface area contributed by atoms with Crippen LogP contribution in [-0.2, 0) is 4.79 Å². The fraction of sp³-hybridized carbons (Fsp3) is 0.222. The summed E-state index contributed by atoms with van der Waals surface area (Å²) in [5.41, 5.74) is 0.341. The van der Waals surface area contributed by atoms with Crippen LogP contribution in [-0.4, -0.2) is 52.8 Å². The number of benzene rings is 1. The Labute approximate surface area is 104 Å². The van der Waals surface area contributed by atoms with Gasteiger partial charge in [0.1, 0.15) is 5.75 Å². The molecule has 0 aliphatic carbocycles. The Hall–Kier alpha value is -0.550. The van der Waals surface area contributed by atoms with Gasteiger partial charge in [0.2, 0.25) is 0 Å². The average Bonchev–Trinajstić information content (AvgIpc) is 2.17. The zero-order valence-corrected chi connectivity index (χ0v) is 7.10. The van der Waals surface area contributed by atoms with Gasteiger partial charge < -0.3 is 14.9 Å². The molecule has 0 bridgehead atoms. The van der Waals surface area contributed by atoms with E-state index in [1.807, 2.05) is 0 Å². The molecular weight excluding hydrogens is 195 g/mol. The molecule has 5 heteroatoms. The summed E-state index contributed by atoms with van der Waals surface area (Å²) >= 11 is 0. The maximum absolute atomic E-state index is 10.4. The second kappa shape index (κ2) is 6.03. The molecule has 4 nitrogen and oxygen atoms in total. The Morgan fingerprint density at radius 1 is 1.36 bits per heavy atom. The van der Waals surface area contributed by atoms with Gasteiger partial charge in [-0.25, -0.2) is 4.79 Å². The minimum atomic E-state index is -1.47. The molecule has 0 fully saturated rings. The van der Waals surface area contributed by atoms with Crippen LogP contribution in [0.2, 0.25) is 0 Å². The number of rotatable bonds is 3. The van der Waals surface area contributed by atoms with E-state index in [1.165, 1.54) is 19.2 Å². The van der Waals surface area contributed by atoms with Crippen molar-refractivity contribution in [3.8, 4) is 5.75 Å². The summed E-state index contributed by atoms with van der Waals surface area (Å²) < 4.78 is 4.88. The van der Waals surface area contributed by atoms with Gasteiger partial charge in [-0.2, -0.15) is 0 Å². The quantitative estimate of drug-likeness (QED) is 0.691. The molecule has 0 aliphatic heterocycles. The normalized spacial score (nSPS) is 11.3. The van der Waals surface area contributed by atoms with Crippen LogP contribution in [0.25, 0.3) is 0 Å².